The second-order valence-electron chi connectivity index (χ2n) is 6.70. The fourth-order valence-electron chi connectivity index (χ4n) is 2.61. The molecule has 25 heavy (non-hydrogen) atoms. The van der Waals surface area contributed by atoms with Gasteiger partial charge in [0.05, 0.1) is 13.2 Å². The van der Waals surface area contributed by atoms with Crippen molar-refractivity contribution in [2.75, 3.05) is 13.2 Å². The van der Waals surface area contributed by atoms with Crippen LogP contribution in [0, 0.1) is 6.92 Å². The van der Waals surface area contributed by atoms with Crippen molar-refractivity contribution < 1.29 is 19.4 Å². The zero-order chi connectivity index (χ0) is 19.0. The monoisotopic (exact) mass is 346 g/mol. The summed E-state index contributed by atoms with van der Waals surface area (Å²) in [4.78, 5) is 11.2. The fraction of sp³-hybridized carbons (Fsp3) is 0.476. The lowest BCUT2D eigenvalue weighted by Gasteiger charge is -2.32. The van der Waals surface area contributed by atoms with Crippen LogP contribution in [0.4, 0.5) is 0 Å². The molecule has 1 aromatic carbocycles. The van der Waals surface area contributed by atoms with Crippen LogP contribution in [0.1, 0.15) is 45.2 Å². The lowest BCUT2D eigenvalue weighted by molar-refractivity contribution is -0.159. The van der Waals surface area contributed by atoms with Crippen LogP contribution in [0.15, 0.2) is 42.0 Å². The third-order valence-corrected chi connectivity index (χ3v) is 4.10. The number of carbonyl (C=O) groups is 1. The molecular formula is C21H30O4. The van der Waals surface area contributed by atoms with Gasteiger partial charge in [-0.15, -0.1) is 6.58 Å². The predicted molar refractivity (Wildman–Crippen MR) is 101 cm³/mol. The summed E-state index contributed by atoms with van der Waals surface area (Å²) in [5, 5.41) is 8.97. The summed E-state index contributed by atoms with van der Waals surface area (Å²) < 4.78 is 10.4. The quantitative estimate of drug-likeness (QED) is 0.613. The Morgan fingerprint density at radius 2 is 1.96 bits per heavy atom. The van der Waals surface area contributed by atoms with Crippen LogP contribution >= 0.6 is 0 Å². The summed E-state index contributed by atoms with van der Waals surface area (Å²) in [7, 11) is 0. The van der Waals surface area contributed by atoms with Crippen molar-refractivity contribution in [2.24, 2.45) is 0 Å². The van der Waals surface area contributed by atoms with Gasteiger partial charge in [-0.3, -0.25) is 0 Å². The summed E-state index contributed by atoms with van der Waals surface area (Å²) >= 11 is 0. The molecule has 2 heterocycles. The molecule has 4 nitrogen and oxygen atoms in total. The fourth-order valence-corrected chi connectivity index (χ4v) is 2.61. The maximum absolute atomic E-state index is 11.2. The molecule has 1 atom stereocenters. The minimum Gasteiger partial charge on any atom is -0.493 e. The van der Waals surface area contributed by atoms with Gasteiger partial charge in [0.25, 0.3) is 0 Å². The molecule has 2 aliphatic rings. The summed E-state index contributed by atoms with van der Waals surface area (Å²) in [5.74, 6) is 0.765. The minimum absolute atomic E-state index is 0.122. The molecule has 1 unspecified atom stereocenters. The maximum atomic E-state index is 11.2. The summed E-state index contributed by atoms with van der Waals surface area (Å²) in [6.45, 7) is 13.5. The van der Waals surface area contributed by atoms with Crippen molar-refractivity contribution in [2.45, 2.75) is 53.1 Å². The highest BCUT2D eigenvalue weighted by molar-refractivity contribution is 5.89. The van der Waals surface area contributed by atoms with Crippen LogP contribution < -0.4 is 4.74 Å². The molecule has 0 aromatic heterocycles. The van der Waals surface area contributed by atoms with Crippen LogP contribution in [0.25, 0.3) is 0 Å². The van der Waals surface area contributed by atoms with E-state index in [-0.39, 0.29) is 12.6 Å². The van der Waals surface area contributed by atoms with Gasteiger partial charge in [-0.05, 0) is 46.2 Å². The van der Waals surface area contributed by atoms with E-state index in [1.165, 1.54) is 11.1 Å². The van der Waals surface area contributed by atoms with Gasteiger partial charge in [0.2, 0.25) is 0 Å². The molecule has 1 aromatic rings. The number of cyclic esters (lactones) is 1. The van der Waals surface area contributed by atoms with Gasteiger partial charge in [0.15, 0.2) is 0 Å². The number of esters is 1. The number of ether oxygens (including phenoxy) is 2. The first kappa shape index (κ1) is 21.0. The third kappa shape index (κ3) is 6.05. The molecule has 0 radical (unpaired) electrons. The van der Waals surface area contributed by atoms with Crippen LogP contribution in [0.5, 0.6) is 5.75 Å². The van der Waals surface area contributed by atoms with E-state index in [1.807, 2.05) is 13.8 Å². The molecular weight excluding hydrogens is 316 g/mol. The van der Waals surface area contributed by atoms with Gasteiger partial charge < -0.3 is 14.6 Å². The summed E-state index contributed by atoms with van der Waals surface area (Å²) in [6.07, 6.45) is 3.46. The van der Waals surface area contributed by atoms with Crippen molar-refractivity contribution >= 4 is 5.97 Å². The number of hydrogen-bond donors (Lipinski definition) is 1. The number of aliphatic hydroxyl groups excluding tert-OH is 1. The molecule has 138 valence electrons. The summed E-state index contributed by atoms with van der Waals surface area (Å²) in [5.41, 5.74) is 3.65. The van der Waals surface area contributed by atoms with Crippen molar-refractivity contribution in [1.29, 1.82) is 0 Å². The average Bonchev–Trinajstić information content (AvgIpc) is 3.01. The Kier molecular flexibility index (Phi) is 7.91. The number of hydrogen-bond acceptors (Lipinski definition) is 4. The highest BCUT2D eigenvalue weighted by Gasteiger charge is 2.34. The number of aliphatic hydroxyl groups is 1. The van der Waals surface area contributed by atoms with Crippen LogP contribution in [0.3, 0.4) is 0 Å². The maximum Gasteiger partial charge on any atom is 0.334 e. The van der Waals surface area contributed by atoms with Crippen molar-refractivity contribution in [1.82, 2.24) is 0 Å². The molecule has 0 saturated heterocycles. The van der Waals surface area contributed by atoms with Crippen molar-refractivity contribution in [3.8, 4) is 5.75 Å². The second-order valence-corrected chi connectivity index (χ2v) is 6.70. The van der Waals surface area contributed by atoms with Gasteiger partial charge in [-0.1, -0.05) is 29.3 Å². The number of carbonyl (C=O) groups excluding carboxylic acids is 1. The van der Waals surface area contributed by atoms with E-state index in [4.69, 9.17) is 14.6 Å². The molecule has 0 bridgehead atoms. The average molecular weight is 346 g/mol. The van der Waals surface area contributed by atoms with E-state index in [9.17, 15) is 4.79 Å². The highest BCUT2D eigenvalue weighted by Crippen LogP contribution is 2.28. The Morgan fingerprint density at radius 3 is 2.52 bits per heavy atom. The first-order chi connectivity index (χ1) is 11.8. The SMILES string of the molecule is C=CC.CC1=C(C)C(=O)OC(C)(CO)C1.Cc1ccc2c(c1)CCO2. The van der Waals surface area contributed by atoms with Gasteiger partial charge in [0.1, 0.15) is 11.4 Å². The van der Waals surface area contributed by atoms with E-state index in [0.717, 1.165) is 24.4 Å². The molecule has 3 rings (SSSR count). The first-order valence-electron chi connectivity index (χ1n) is 8.56. The molecule has 0 fully saturated rings. The molecule has 2 aliphatic heterocycles. The molecule has 0 spiro atoms. The number of rotatable bonds is 1. The minimum atomic E-state index is -0.708. The molecule has 0 amide bonds. The Balaban J connectivity index is 0.000000218. The van der Waals surface area contributed by atoms with Crippen LogP contribution in [-0.2, 0) is 16.0 Å². The number of aryl methyl sites for hydroxylation is 1. The van der Waals surface area contributed by atoms with E-state index < -0.39 is 5.60 Å². The lowest BCUT2D eigenvalue weighted by atomic mass is 9.92. The Hall–Kier alpha value is -2.07. The normalized spacial score (nSPS) is 21.0. The summed E-state index contributed by atoms with van der Waals surface area (Å²) in [6, 6.07) is 6.34. The zero-order valence-corrected chi connectivity index (χ0v) is 16.0. The number of allylic oxidation sites excluding steroid dienone is 1. The Morgan fingerprint density at radius 1 is 1.32 bits per heavy atom. The van der Waals surface area contributed by atoms with E-state index in [1.54, 1.807) is 19.9 Å². The largest absolute Gasteiger partial charge is 0.493 e. The first-order valence-corrected chi connectivity index (χ1v) is 8.56. The van der Waals surface area contributed by atoms with Gasteiger partial charge in [-0.25, -0.2) is 4.79 Å². The topological polar surface area (TPSA) is 55.8 Å². The van der Waals surface area contributed by atoms with Crippen LogP contribution in [-0.4, -0.2) is 29.9 Å². The van der Waals surface area contributed by atoms with Gasteiger partial charge >= 0.3 is 5.97 Å². The van der Waals surface area contributed by atoms with E-state index in [2.05, 4.69) is 31.7 Å². The number of benzene rings is 1. The van der Waals surface area contributed by atoms with Crippen molar-refractivity contribution in [3.63, 3.8) is 0 Å². The van der Waals surface area contributed by atoms with E-state index >= 15 is 0 Å². The third-order valence-electron chi connectivity index (χ3n) is 4.10. The predicted octanol–water partition coefficient (Wildman–Crippen LogP) is 4.14. The molecule has 0 aliphatic carbocycles. The standard InChI is InChI=1S/C9H14O3.C9H10O.C3H6/c1-6-4-9(3,5-10)12-8(11)7(6)2;1-7-2-3-9-8(6-7)4-5-10-9;1-3-2/h10H,4-5H2,1-3H3;2-3,6H,4-5H2,1H3;3H,1H2,2H3. The van der Waals surface area contributed by atoms with Crippen molar-refractivity contribution in [3.05, 3.63) is 53.1 Å². The Labute approximate surface area is 151 Å². The molecule has 0 saturated carbocycles. The smallest absolute Gasteiger partial charge is 0.334 e. The number of fused-ring (bicyclic) bond motifs is 1. The highest BCUT2D eigenvalue weighted by atomic mass is 16.6. The van der Waals surface area contributed by atoms with E-state index in [0.29, 0.717) is 12.0 Å². The zero-order valence-electron chi connectivity index (χ0n) is 16.0. The Bertz CT molecular complexity index is 645. The van der Waals surface area contributed by atoms with Gasteiger partial charge in [0, 0.05) is 18.4 Å². The molecule has 1 N–H and O–H groups in total. The second kappa shape index (κ2) is 9.42. The van der Waals surface area contributed by atoms with Crippen LogP contribution in [0.2, 0.25) is 0 Å². The van der Waals surface area contributed by atoms with Gasteiger partial charge in [-0.2, -0.15) is 0 Å². The molecule has 4 heteroatoms. The lowest BCUT2D eigenvalue weighted by Crippen LogP contribution is -2.39.